The van der Waals surface area contributed by atoms with E-state index in [2.05, 4.69) is 10.3 Å². The molecule has 3 heterocycles. The third kappa shape index (κ3) is 2.83. The van der Waals surface area contributed by atoms with Gasteiger partial charge in [-0.05, 0) is 38.1 Å². The van der Waals surface area contributed by atoms with Crippen LogP contribution in [-0.2, 0) is 13.2 Å². The number of aliphatic hydroxyl groups is 1. The van der Waals surface area contributed by atoms with Crippen molar-refractivity contribution in [1.29, 1.82) is 0 Å². The number of rotatable bonds is 4. The molecule has 0 bridgehead atoms. The Morgan fingerprint density at radius 1 is 1.15 bits per heavy atom. The fourth-order valence-corrected chi connectivity index (χ4v) is 3.16. The maximum absolute atomic E-state index is 13.2. The van der Waals surface area contributed by atoms with E-state index in [9.17, 15) is 14.3 Å². The van der Waals surface area contributed by atoms with Gasteiger partial charge in [-0.25, -0.2) is 8.91 Å². The van der Waals surface area contributed by atoms with Gasteiger partial charge >= 0.3 is 0 Å². The molecule has 1 aromatic carbocycles. The summed E-state index contributed by atoms with van der Waals surface area (Å²) in [7, 11) is 0. The highest BCUT2D eigenvalue weighted by molar-refractivity contribution is 5.72. The zero-order valence-electron chi connectivity index (χ0n) is 14.8. The second-order valence-electron chi connectivity index (χ2n) is 6.32. The minimum Gasteiger partial charge on any atom is -0.392 e. The molecule has 8 heteroatoms. The fourth-order valence-electron chi connectivity index (χ4n) is 3.16. The first-order valence-electron chi connectivity index (χ1n) is 8.38. The number of aryl methyl sites for hydroxylation is 2. The van der Waals surface area contributed by atoms with Crippen LogP contribution in [0.25, 0.3) is 16.8 Å². The molecule has 0 atom stereocenters. The van der Waals surface area contributed by atoms with Crippen molar-refractivity contribution in [2.75, 3.05) is 0 Å². The first kappa shape index (κ1) is 17.2. The average Bonchev–Trinajstić information content (AvgIpc) is 3.19. The smallest absolute Gasteiger partial charge is 0.277 e. The van der Waals surface area contributed by atoms with Gasteiger partial charge in [-0.15, -0.1) is 0 Å². The van der Waals surface area contributed by atoms with Crippen LogP contribution in [0.5, 0.6) is 0 Å². The van der Waals surface area contributed by atoms with E-state index in [4.69, 9.17) is 4.52 Å². The molecule has 0 saturated carbocycles. The third-order valence-electron chi connectivity index (χ3n) is 4.65. The molecule has 4 rings (SSSR count). The van der Waals surface area contributed by atoms with Crippen LogP contribution in [0.1, 0.15) is 22.6 Å². The van der Waals surface area contributed by atoms with Crippen LogP contribution >= 0.6 is 0 Å². The van der Waals surface area contributed by atoms with Crippen LogP contribution in [0.3, 0.4) is 0 Å². The van der Waals surface area contributed by atoms with E-state index in [1.54, 1.807) is 31.5 Å². The van der Waals surface area contributed by atoms with Crippen molar-refractivity contribution < 1.29 is 14.0 Å². The lowest BCUT2D eigenvalue weighted by molar-refractivity contribution is 0.283. The fraction of sp³-hybridized carbons (Fsp3) is 0.211. The summed E-state index contributed by atoms with van der Waals surface area (Å²) >= 11 is 0. The van der Waals surface area contributed by atoms with E-state index in [0.29, 0.717) is 29.1 Å². The predicted molar refractivity (Wildman–Crippen MR) is 95.8 cm³/mol. The Morgan fingerprint density at radius 3 is 2.52 bits per heavy atom. The summed E-state index contributed by atoms with van der Waals surface area (Å²) in [6.45, 7) is 3.56. The Morgan fingerprint density at radius 2 is 1.89 bits per heavy atom. The molecule has 0 radical (unpaired) electrons. The minimum absolute atomic E-state index is 0.283. The van der Waals surface area contributed by atoms with Crippen LogP contribution in [0, 0.1) is 19.7 Å². The van der Waals surface area contributed by atoms with Gasteiger partial charge in [0.1, 0.15) is 17.1 Å². The molecular weight excluding hydrogens is 351 g/mol. The number of benzene rings is 1. The summed E-state index contributed by atoms with van der Waals surface area (Å²) in [6, 6.07) is 5.77. The lowest BCUT2D eigenvalue weighted by Gasteiger charge is -2.06. The molecule has 3 aromatic heterocycles. The number of nitrogens with zero attached hydrogens (tertiary/aromatic N) is 4. The Kier molecular flexibility index (Phi) is 4.12. The second-order valence-corrected chi connectivity index (χ2v) is 6.32. The number of fused-ring (bicyclic) bond motifs is 1. The summed E-state index contributed by atoms with van der Waals surface area (Å²) in [6.07, 6.45) is 3.28. The molecule has 4 aromatic rings. The number of aromatic nitrogens is 4. The Labute approximate surface area is 153 Å². The van der Waals surface area contributed by atoms with Crippen LogP contribution in [0.2, 0.25) is 0 Å². The van der Waals surface area contributed by atoms with Crippen molar-refractivity contribution in [3.8, 4) is 11.3 Å². The molecule has 1 N–H and O–H groups in total. The van der Waals surface area contributed by atoms with Crippen LogP contribution < -0.4 is 5.56 Å². The SMILES string of the molecule is Cc1noc(C)c1Cn1ccn2nc(-c3ccc(F)cc3)c(CO)c2c1=O. The molecule has 27 heavy (non-hydrogen) atoms. The molecule has 0 aliphatic heterocycles. The molecule has 0 aliphatic carbocycles. The number of hydrogen-bond donors (Lipinski definition) is 1. The lowest BCUT2D eigenvalue weighted by Crippen LogP contribution is -2.23. The highest BCUT2D eigenvalue weighted by atomic mass is 19.1. The Bertz CT molecular complexity index is 1170. The van der Waals surface area contributed by atoms with Gasteiger partial charge in [0.15, 0.2) is 0 Å². The van der Waals surface area contributed by atoms with Gasteiger partial charge in [-0.2, -0.15) is 5.10 Å². The normalized spacial score (nSPS) is 11.4. The Balaban J connectivity index is 1.87. The highest BCUT2D eigenvalue weighted by Crippen LogP contribution is 2.25. The quantitative estimate of drug-likeness (QED) is 0.598. The van der Waals surface area contributed by atoms with Gasteiger partial charge in [0, 0.05) is 29.1 Å². The maximum Gasteiger partial charge on any atom is 0.277 e. The summed E-state index contributed by atoms with van der Waals surface area (Å²) in [5, 5.41) is 18.2. The molecule has 7 nitrogen and oxygen atoms in total. The number of aliphatic hydroxyl groups excluding tert-OH is 1. The monoisotopic (exact) mass is 368 g/mol. The van der Waals surface area contributed by atoms with Crippen molar-refractivity contribution in [3.05, 3.63) is 75.4 Å². The molecule has 0 amide bonds. The average molecular weight is 368 g/mol. The van der Waals surface area contributed by atoms with Crippen LogP contribution in [0.4, 0.5) is 4.39 Å². The molecule has 0 saturated heterocycles. The van der Waals surface area contributed by atoms with Gasteiger partial charge < -0.3 is 14.2 Å². The van der Waals surface area contributed by atoms with E-state index in [0.717, 1.165) is 11.3 Å². The summed E-state index contributed by atoms with van der Waals surface area (Å²) in [5.41, 5.74) is 3.03. The molecule has 138 valence electrons. The van der Waals surface area contributed by atoms with Crippen LogP contribution in [-0.4, -0.2) is 24.4 Å². The minimum atomic E-state index is -0.366. The van der Waals surface area contributed by atoms with Crippen LogP contribution in [0.15, 0.2) is 46.0 Å². The van der Waals surface area contributed by atoms with E-state index < -0.39 is 0 Å². The topological polar surface area (TPSA) is 85.6 Å². The molecule has 0 unspecified atom stereocenters. The summed E-state index contributed by atoms with van der Waals surface area (Å²) < 4.78 is 21.3. The van der Waals surface area contributed by atoms with Crippen molar-refractivity contribution in [3.63, 3.8) is 0 Å². The zero-order chi connectivity index (χ0) is 19.1. The second kappa shape index (κ2) is 6.48. The molecular formula is C19H17FN4O3. The summed E-state index contributed by atoms with van der Waals surface area (Å²) in [5.74, 6) is 0.289. The zero-order valence-corrected chi connectivity index (χ0v) is 14.8. The predicted octanol–water partition coefficient (Wildman–Crippen LogP) is 2.45. The highest BCUT2D eigenvalue weighted by Gasteiger charge is 2.19. The van der Waals surface area contributed by atoms with Gasteiger partial charge in [-0.1, -0.05) is 5.16 Å². The first-order valence-corrected chi connectivity index (χ1v) is 8.38. The van der Waals surface area contributed by atoms with E-state index in [-0.39, 0.29) is 23.5 Å². The first-order chi connectivity index (χ1) is 13.0. The van der Waals surface area contributed by atoms with Crippen molar-refractivity contribution >= 4 is 5.52 Å². The van der Waals surface area contributed by atoms with Gasteiger partial charge in [-0.3, -0.25) is 4.79 Å². The standard InChI is InChI=1S/C19H17FN4O3/c1-11-15(12(2)27-22-11)9-23-7-8-24-18(19(23)26)16(10-25)17(21-24)13-3-5-14(20)6-4-13/h3-8,25H,9-10H2,1-2H3. The van der Waals surface area contributed by atoms with Gasteiger partial charge in [0.05, 0.1) is 24.5 Å². The van der Waals surface area contributed by atoms with Crippen molar-refractivity contribution in [1.82, 2.24) is 19.3 Å². The molecule has 0 aliphatic rings. The van der Waals surface area contributed by atoms with Gasteiger partial charge in [0.2, 0.25) is 0 Å². The van der Waals surface area contributed by atoms with E-state index in [1.807, 2.05) is 6.92 Å². The largest absolute Gasteiger partial charge is 0.392 e. The number of halogens is 1. The summed E-state index contributed by atoms with van der Waals surface area (Å²) in [4.78, 5) is 13.0. The van der Waals surface area contributed by atoms with Crippen molar-refractivity contribution in [2.24, 2.45) is 0 Å². The Hall–Kier alpha value is -3.26. The maximum atomic E-state index is 13.2. The lowest BCUT2D eigenvalue weighted by atomic mass is 10.1. The van der Waals surface area contributed by atoms with E-state index in [1.165, 1.54) is 21.2 Å². The number of hydrogen-bond acceptors (Lipinski definition) is 5. The van der Waals surface area contributed by atoms with Crippen molar-refractivity contribution in [2.45, 2.75) is 27.0 Å². The van der Waals surface area contributed by atoms with E-state index >= 15 is 0 Å². The van der Waals surface area contributed by atoms with Gasteiger partial charge in [0.25, 0.3) is 5.56 Å². The molecule has 0 fully saturated rings. The third-order valence-corrected chi connectivity index (χ3v) is 4.65. The molecule has 0 spiro atoms.